The fourth-order valence-corrected chi connectivity index (χ4v) is 2.62. The zero-order valence-corrected chi connectivity index (χ0v) is 15.2. The third-order valence-corrected chi connectivity index (χ3v) is 3.73. The minimum atomic E-state index is -0.950. The van der Waals surface area contributed by atoms with Crippen LogP contribution in [0, 0.1) is 11.8 Å². The second kappa shape index (κ2) is 8.68. The summed E-state index contributed by atoms with van der Waals surface area (Å²) in [6.07, 6.45) is -0.663. The van der Waals surface area contributed by atoms with Crippen molar-refractivity contribution in [3.05, 3.63) is 69.7 Å². The van der Waals surface area contributed by atoms with Crippen LogP contribution < -0.4 is 0 Å². The van der Waals surface area contributed by atoms with Gasteiger partial charge in [-0.2, -0.15) is 0 Å². The van der Waals surface area contributed by atoms with E-state index in [0.717, 1.165) is 21.2 Å². The van der Waals surface area contributed by atoms with E-state index in [0.29, 0.717) is 6.42 Å². The molecule has 0 bridgehead atoms. The van der Waals surface area contributed by atoms with Crippen molar-refractivity contribution in [1.82, 2.24) is 0 Å². The molecule has 1 atom stereocenters. The molecular weight excluding hydrogens is 368 g/mol. The molecule has 24 heavy (non-hydrogen) atoms. The summed E-state index contributed by atoms with van der Waals surface area (Å²) in [6.45, 7) is 3.66. The van der Waals surface area contributed by atoms with Crippen LogP contribution >= 0.6 is 15.9 Å². The van der Waals surface area contributed by atoms with Crippen molar-refractivity contribution in [3.8, 4) is 11.8 Å². The number of carbonyl (C=O) groups is 1. The highest BCUT2D eigenvalue weighted by Gasteiger charge is 2.20. The van der Waals surface area contributed by atoms with Crippen LogP contribution in [-0.4, -0.2) is 23.3 Å². The summed E-state index contributed by atoms with van der Waals surface area (Å²) in [5.74, 6) is 5.27. The topological polar surface area (TPSA) is 46.5 Å². The molecule has 2 rings (SSSR count). The lowest BCUT2D eigenvalue weighted by Gasteiger charge is -2.16. The number of benzene rings is 2. The Kier molecular flexibility index (Phi) is 6.60. The third kappa shape index (κ3) is 5.84. The van der Waals surface area contributed by atoms with Crippen LogP contribution in [0.3, 0.4) is 0 Å². The maximum absolute atomic E-state index is 11.3. The Balaban J connectivity index is 2.15. The second-order valence-electron chi connectivity index (χ2n) is 5.68. The zero-order chi connectivity index (χ0) is 17.5. The predicted octanol–water partition coefficient (Wildman–Crippen LogP) is 4.27. The summed E-state index contributed by atoms with van der Waals surface area (Å²) >= 11 is 3.42. The molecule has 2 aromatic rings. The quantitative estimate of drug-likeness (QED) is 0.780. The minimum Gasteiger partial charge on any atom is -0.479 e. The summed E-state index contributed by atoms with van der Waals surface area (Å²) < 4.78 is 6.44. The van der Waals surface area contributed by atoms with Gasteiger partial charge in [0, 0.05) is 22.0 Å². The van der Waals surface area contributed by atoms with Crippen LogP contribution in [0.5, 0.6) is 0 Å². The van der Waals surface area contributed by atoms with Crippen molar-refractivity contribution in [3.63, 3.8) is 0 Å². The molecule has 0 fully saturated rings. The van der Waals surface area contributed by atoms with Crippen LogP contribution in [0.4, 0.5) is 0 Å². The Morgan fingerprint density at radius 3 is 2.33 bits per heavy atom. The smallest absolute Gasteiger partial charge is 0.333 e. The van der Waals surface area contributed by atoms with E-state index in [1.165, 1.54) is 0 Å². The van der Waals surface area contributed by atoms with Crippen LogP contribution in [0.2, 0.25) is 0 Å². The lowest BCUT2D eigenvalue weighted by atomic mass is 10.0. The number of carboxylic acid groups (broad SMARTS) is 1. The van der Waals surface area contributed by atoms with Gasteiger partial charge < -0.3 is 9.84 Å². The Morgan fingerprint density at radius 2 is 1.75 bits per heavy atom. The molecule has 124 valence electrons. The molecule has 0 saturated heterocycles. The number of hydrogen-bond acceptors (Lipinski definition) is 2. The maximum Gasteiger partial charge on any atom is 0.333 e. The Morgan fingerprint density at radius 1 is 1.12 bits per heavy atom. The summed E-state index contributed by atoms with van der Waals surface area (Å²) in [4.78, 5) is 11.3. The molecule has 0 amide bonds. The Labute approximate surface area is 150 Å². The first-order valence-electron chi connectivity index (χ1n) is 7.69. The van der Waals surface area contributed by atoms with Gasteiger partial charge in [0.2, 0.25) is 0 Å². The van der Waals surface area contributed by atoms with Crippen LogP contribution in [0.1, 0.15) is 30.5 Å². The minimum absolute atomic E-state index is 0.134. The van der Waals surface area contributed by atoms with Gasteiger partial charge in [0.1, 0.15) is 0 Å². The number of aliphatic carboxylic acids is 1. The summed E-state index contributed by atoms with van der Waals surface area (Å²) in [5, 5.41) is 9.27. The molecule has 0 aliphatic rings. The number of ether oxygens (including phenoxy) is 1. The van der Waals surface area contributed by atoms with Crippen molar-refractivity contribution in [2.45, 2.75) is 32.5 Å². The van der Waals surface area contributed by atoms with Crippen molar-refractivity contribution < 1.29 is 14.6 Å². The predicted molar refractivity (Wildman–Crippen MR) is 97.9 cm³/mol. The lowest BCUT2D eigenvalue weighted by Crippen LogP contribution is -2.29. The van der Waals surface area contributed by atoms with E-state index in [4.69, 9.17) is 4.74 Å². The number of rotatable bonds is 5. The highest BCUT2D eigenvalue weighted by atomic mass is 79.9. The summed E-state index contributed by atoms with van der Waals surface area (Å²) in [7, 11) is 0. The SMILES string of the molecule is CC(C)OC(Cc1cccc(C#Cc2cccc(Br)c2)c1)C(=O)O. The first-order valence-corrected chi connectivity index (χ1v) is 8.48. The van der Waals surface area contributed by atoms with Crippen LogP contribution in [-0.2, 0) is 16.0 Å². The fourth-order valence-electron chi connectivity index (χ4n) is 2.22. The Hall–Kier alpha value is -2.09. The first kappa shape index (κ1) is 18.3. The van der Waals surface area contributed by atoms with Crippen molar-refractivity contribution in [1.29, 1.82) is 0 Å². The number of hydrogen-bond donors (Lipinski definition) is 1. The molecule has 0 heterocycles. The highest BCUT2D eigenvalue weighted by molar-refractivity contribution is 9.10. The normalized spacial score (nSPS) is 11.7. The molecule has 1 N–H and O–H groups in total. The van der Waals surface area contributed by atoms with E-state index in [2.05, 4.69) is 27.8 Å². The number of carboxylic acids is 1. The highest BCUT2D eigenvalue weighted by Crippen LogP contribution is 2.13. The van der Waals surface area contributed by atoms with Gasteiger partial charge in [0.25, 0.3) is 0 Å². The average Bonchev–Trinajstić information content (AvgIpc) is 2.52. The second-order valence-corrected chi connectivity index (χ2v) is 6.59. The summed E-state index contributed by atoms with van der Waals surface area (Å²) in [6, 6.07) is 15.4. The van der Waals surface area contributed by atoms with Crippen LogP contribution in [0.25, 0.3) is 0 Å². The van der Waals surface area contributed by atoms with Crippen molar-refractivity contribution in [2.75, 3.05) is 0 Å². The molecule has 0 aliphatic carbocycles. The van der Waals surface area contributed by atoms with E-state index in [-0.39, 0.29) is 6.10 Å². The summed E-state index contributed by atoms with van der Waals surface area (Å²) in [5.41, 5.74) is 2.66. The van der Waals surface area contributed by atoms with Gasteiger partial charge in [-0.15, -0.1) is 0 Å². The van der Waals surface area contributed by atoms with E-state index in [1.807, 2.05) is 62.4 Å². The van der Waals surface area contributed by atoms with Gasteiger partial charge in [0.05, 0.1) is 6.10 Å². The van der Waals surface area contributed by atoms with Gasteiger partial charge >= 0.3 is 5.97 Å². The molecular formula is C20H19BrO3. The molecule has 0 saturated carbocycles. The third-order valence-electron chi connectivity index (χ3n) is 3.24. The molecule has 2 aromatic carbocycles. The molecule has 0 aliphatic heterocycles. The van der Waals surface area contributed by atoms with Gasteiger partial charge in [-0.1, -0.05) is 46.0 Å². The molecule has 0 aromatic heterocycles. The van der Waals surface area contributed by atoms with Crippen molar-refractivity contribution in [2.24, 2.45) is 0 Å². The molecule has 4 heteroatoms. The van der Waals surface area contributed by atoms with Gasteiger partial charge in [-0.05, 0) is 49.7 Å². The zero-order valence-electron chi connectivity index (χ0n) is 13.6. The molecule has 0 spiro atoms. The molecule has 3 nitrogen and oxygen atoms in total. The van der Waals surface area contributed by atoms with E-state index >= 15 is 0 Å². The van der Waals surface area contributed by atoms with E-state index < -0.39 is 12.1 Å². The standard InChI is InChI=1S/C20H19BrO3/c1-14(2)24-19(20(22)23)13-17-7-3-5-15(11-17)9-10-16-6-4-8-18(21)12-16/h3-8,11-12,14,19H,13H2,1-2H3,(H,22,23). The first-order chi connectivity index (χ1) is 11.4. The Bertz CT molecular complexity index is 772. The monoisotopic (exact) mass is 386 g/mol. The van der Waals surface area contributed by atoms with E-state index in [9.17, 15) is 9.90 Å². The molecule has 0 radical (unpaired) electrons. The van der Waals surface area contributed by atoms with Crippen molar-refractivity contribution >= 4 is 21.9 Å². The fraction of sp³-hybridized carbons (Fsp3) is 0.250. The lowest BCUT2D eigenvalue weighted by molar-refractivity contribution is -0.153. The number of halogens is 1. The average molecular weight is 387 g/mol. The van der Waals surface area contributed by atoms with Crippen LogP contribution in [0.15, 0.2) is 53.0 Å². The maximum atomic E-state index is 11.3. The van der Waals surface area contributed by atoms with E-state index in [1.54, 1.807) is 0 Å². The van der Waals surface area contributed by atoms with Gasteiger partial charge in [-0.25, -0.2) is 4.79 Å². The van der Waals surface area contributed by atoms with Gasteiger partial charge in [-0.3, -0.25) is 0 Å². The van der Waals surface area contributed by atoms with Gasteiger partial charge in [0.15, 0.2) is 6.10 Å². The largest absolute Gasteiger partial charge is 0.479 e. The molecule has 1 unspecified atom stereocenters.